The third-order valence-electron chi connectivity index (χ3n) is 4.25. The highest BCUT2D eigenvalue weighted by Crippen LogP contribution is 2.36. The molecular formula is C12H20N2O2S2. The molecule has 2 aliphatic heterocycles. The van der Waals surface area contributed by atoms with Crippen molar-refractivity contribution in [2.45, 2.75) is 44.2 Å². The molecule has 3 aliphatic rings. The fourth-order valence-electron chi connectivity index (χ4n) is 3.19. The smallest absolute Gasteiger partial charge is 0.157 e. The van der Waals surface area contributed by atoms with Gasteiger partial charge in [-0.1, -0.05) is 18.2 Å². The van der Waals surface area contributed by atoms with Crippen LogP contribution >= 0.6 is 11.8 Å². The summed E-state index contributed by atoms with van der Waals surface area (Å²) in [5, 5.41) is 4.37. The highest BCUT2D eigenvalue weighted by molar-refractivity contribution is 8.13. The van der Waals surface area contributed by atoms with Crippen molar-refractivity contribution >= 4 is 26.8 Å². The van der Waals surface area contributed by atoms with Crippen LogP contribution < -0.4 is 5.32 Å². The molecule has 3 atom stereocenters. The van der Waals surface area contributed by atoms with Crippen molar-refractivity contribution in [3.05, 3.63) is 0 Å². The van der Waals surface area contributed by atoms with Gasteiger partial charge in [-0.3, -0.25) is 4.99 Å². The molecule has 0 aromatic rings. The van der Waals surface area contributed by atoms with Crippen molar-refractivity contribution < 1.29 is 8.42 Å². The number of nitrogens with one attached hydrogen (secondary N) is 1. The average Bonchev–Trinajstić information content (AvgIpc) is 2.82. The van der Waals surface area contributed by atoms with Crippen molar-refractivity contribution in [3.63, 3.8) is 0 Å². The van der Waals surface area contributed by atoms with Crippen LogP contribution in [0.25, 0.3) is 0 Å². The number of aliphatic imine (C=N–C) groups is 1. The van der Waals surface area contributed by atoms with Gasteiger partial charge in [-0.05, 0) is 32.1 Å². The molecule has 6 heteroatoms. The molecule has 1 N–H and O–H groups in total. The minimum Gasteiger partial charge on any atom is -0.359 e. The van der Waals surface area contributed by atoms with E-state index in [0.29, 0.717) is 18.2 Å². The molecule has 4 nitrogen and oxygen atoms in total. The molecular weight excluding hydrogens is 268 g/mol. The van der Waals surface area contributed by atoms with Gasteiger partial charge in [0.2, 0.25) is 0 Å². The van der Waals surface area contributed by atoms with Crippen LogP contribution in [0.3, 0.4) is 0 Å². The van der Waals surface area contributed by atoms with Crippen LogP contribution in [0.2, 0.25) is 0 Å². The van der Waals surface area contributed by atoms with Gasteiger partial charge in [0.25, 0.3) is 0 Å². The van der Waals surface area contributed by atoms with Crippen molar-refractivity contribution in [2.24, 2.45) is 10.9 Å². The summed E-state index contributed by atoms with van der Waals surface area (Å²) in [5.41, 5.74) is -0.309. The molecule has 0 amide bonds. The summed E-state index contributed by atoms with van der Waals surface area (Å²) >= 11 is 1.77. The molecule has 1 saturated carbocycles. The zero-order chi connectivity index (χ0) is 12.8. The second-order valence-electron chi connectivity index (χ2n) is 6.03. The minimum absolute atomic E-state index is 0.244. The van der Waals surface area contributed by atoms with Crippen LogP contribution in [0, 0.1) is 5.92 Å². The Labute approximate surface area is 113 Å². The number of fused-ring (bicyclic) bond motifs is 1. The van der Waals surface area contributed by atoms with Crippen LogP contribution in [-0.4, -0.2) is 42.4 Å². The molecule has 2 fully saturated rings. The van der Waals surface area contributed by atoms with E-state index in [1.54, 1.807) is 11.8 Å². The van der Waals surface area contributed by atoms with Crippen LogP contribution in [0.5, 0.6) is 0 Å². The Morgan fingerprint density at radius 3 is 3.00 bits per heavy atom. The first-order chi connectivity index (χ1) is 8.46. The van der Waals surface area contributed by atoms with Crippen LogP contribution in [0.1, 0.15) is 32.6 Å². The Morgan fingerprint density at radius 2 is 2.28 bits per heavy atom. The molecule has 0 aromatic heterocycles. The number of sulfone groups is 1. The van der Waals surface area contributed by atoms with Crippen molar-refractivity contribution in [3.8, 4) is 0 Å². The largest absolute Gasteiger partial charge is 0.359 e. The third kappa shape index (κ3) is 2.54. The summed E-state index contributed by atoms with van der Waals surface area (Å²) in [6, 6.07) is 0.482. The Morgan fingerprint density at radius 1 is 1.44 bits per heavy atom. The van der Waals surface area contributed by atoms with Gasteiger partial charge in [-0.2, -0.15) is 0 Å². The first-order valence-corrected chi connectivity index (χ1v) is 9.46. The van der Waals surface area contributed by atoms with Gasteiger partial charge in [0.15, 0.2) is 15.0 Å². The number of thioether (sulfide) groups is 1. The molecule has 3 rings (SSSR count). The lowest BCUT2D eigenvalue weighted by molar-refractivity contribution is 0.467. The minimum atomic E-state index is -2.85. The maximum atomic E-state index is 11.6. The summed E-state index contributed by atoms with van der Waals surface area (Å²) in [7, 11) is -2.85. The lowest BCUT2D eigenvalue weighted by atomic mass is 10.0. The Hall–Kier alpha value is -0.230. The van der Waals surface area contributed by atoms with Gasteiger partial charge >= 0.3 is 0 Å². The first kappa shape index (κ1) is 12.8. The first-order valence-electron chi connectivity index (χ1n) is 6.65. The summed E-state index contributed by atoms with van der Waals surface area (Å²) in [5.74, 6) is 2.44. The Kier molecular flexibility index (Phi) is 3.13. The van der Waals surface area contributed by atoms with Gasteiger partial charge in [0.1, 0.15) is 0 Å². The molecule has 0 aromatic carbocycles. The van der Waals surface area contributed by atoms with Crippen molar-refractivity contribution in [2.75, 3.05) is 17.3 Å². The second-order valence-corrected chi connectivity index (χ2v) is 9.22. The topological polar surface area (TPSA) is 58.5 Å². The predicted octanol–water partition coefficient (Wildman–Crippen LogP) is 1.42. The fraction of sp³-hybridized carbons (Fsp3) is 0.917. The molecule has 2 heterocycles. The molecule has 1 aliphatic carbocycles. The van der Waals surface area contributed by atoms with Crippen LogP contribution in [-0.2, 0) is 9.84 Å². The molecule has 0 bridgehead atoms. The van der Waals surface area contributed by atoms with E-state index in [4.69, 9.17) is 4.99 Å². The number of hydrogen-bond acceptors (Lipinski definition) is 5. The Bertz CT molecular complexity index is 474. The number of nitrogens with zero attached hydrogens (tertiary/aromatic N) is 1. The predicted molar refractivity (Wildman–Crippen MR) is 75.8 cm³/mol. The monoisotopic (exact) mass is 288 g/mol. The van der Waals surface area contributed by atoms with E-state index in [1.807, 2.05) is 6.92 Å². The molecule has 18 heavy (non-hydrogen) atoms. The van der Waals surface area contributed by atoms with Crippen molar-refractivity contribution in [1.82, 2.24) is 5.32 Å². The van der Waals surface area contributed by atoms with Gasteiger partial charge in [-0.15, -0.1) is 0 Å². The van der Waals surface area contributed by atoms with E-state index in [0.717, 1.165) is 16.8 Å². The lowest BCUT2D eigenvalue weighted by Crippen LogP contribution is -2.47. The second kappa shape index (κ2) is 4.40. The fourth-order valence-corrected chi connectivity index (χ4v) is 6.57. The van der Waals surface area contributed by atoms with Gasteiger partial charge in [0, 0.05) is 5.75 Å². The standard InChI is InChI=1S/C12H20N2O2S2/c1-12(5-6-18(15,16)8-12)14-11-13-10-4-2-3-9(10)7-17-11/h9-10H,2-8H2,1H3,(H,13,14). The highest BCUT2D eigenvalue weighted by Gasteiger charge is 2.40. The maximum absolute atomic E-state index is 11.6. The van der Waals surface area contributed by atoms with Crippen LogP contribution in [0.15, 0.2) is 4.99 Å². The third-order valence-corrected chi connectivity index (χ3v) is 7.23. The lowest BCUT2D eigenvalue weighted by Gasteiger charge is -2.30. The summed E-state index contributed by atoms with van der Waals surface area (Å²) < 4.78 is 23.2. The zero-order valence-electron chi connectivity index (χ0n) is 10.7. The van der Waals surface area contributed by atoms with Crippen molar-refractivity contribution in [1.29, 1.82) is 0 Å². The highest BCUT2D eigenvalue weighted by atomic mass is 32.2. The molecule has 0 radical (unpaired) electrons. The van der Waals surface area contributed by atoms with Crippen LogP contribution in [0.4, 0.5) is 0 Å². The van der Waals surface area contributed by atoms with E-state index in [-0.39, 0.29) is 11.3 Å². The molecule has 102 valence electrons. The molecule has 1 saturated heterocycles. The zero-order valence-corrected chi connectivity index (χ0v) is 12.3. The van der Waals surface area contributed by atoms with Gasteiger partial charge < -0.3 is 5.32 Å². The van der Waals surface area contributed by atoms with E-state index < -0.39 is 9.84 Å². The van der Waals surface area contributed by atoms with E-state index >= 15 is 0 Å². The molecule has 3 unspecified atom stereocenters. The van der Waals surface area contributed by atoms with E-state index in [2.05, 4.69) is 5.32 Å². The quantitative estimate of drug-likeness (QED) is 0.793. The SMILES string of the molecule is CC1(NC2=NC3CCCC3CS2)CCS(=O)(=O)C1. The Balaban J connectivity index is 1.70. The number of amidine groups is 1. The average molecular weight is 288 g/mol. The van der Waals surface area contributed by atoms with Gasteiger partial charge in [0.05, 0.1) is 23.1 Å². The number of hydrogen-bond donors (Lipinski definition) is 1. The van der Waals surface area contributed by atoms with Gasteiger partial charge in [-0.25, -0.2) is 8.42 Å². The maximum Gasteiger partial charge on any atom is 0.157 e. The summed E-state index contributed by atoms with van der Waals surface area (Å²) in [4.78, 5) is 4.77. The van der Waals surface area contributed by atoms with E-state index in [9.17, 15) is 8.42 Å². The summed E-state index contributed by atoms with van der Waals surface area (Å²) in [6.45, 7) is 2.00. The molecule has 0 spiro atoms. The number of rotatable bonds is 1. The summed E-state index contributed by atoms with van der Waals surface area (Å²) in [6.07, 6.45) is 4.49. The van der Waals surface area contributed by atoms with E-state index in [1.165, 1.54) is 19.3 Å². The normalized spacial score (nSPS) is 42.4.